The molecule has 36 heavy (non-hydrogen) atoms. The minimum atomic E-state index is -0.886. The van der Waals surface area contributed by atoms with Gasteiger partial charge in [-0.15, -0.1) is 0 Å². The number of unbranched alkanes of at least 4 members (excludes halogenated alkanes) is 7. The molecule has 0 aliphatic heterocycles. The lowest BCUT2D eigenvalue weighted by atomic mass is 9.98. The summed E-state index contributed by atoms with van der Waals surface area (Å²) in [5.74, 6) is 1.58. The highest BCUT2D eigenvalue weighted by Gasteiger charge is 2.10. The van der Waals surface area contributed by atoms with E-state index in [1.54, 1.807) is 0 Å². The summed E-state index contributed by atoms with van der Waals surface area (Å²) < 4.78 is 11.6. The van der Waals surface area contributed by atoms with Gasteiger partial charge in [0.05, 0.1) is 25.9 Å². The second-order valence-corrected chi connectivity index (χ2v) is 9.55. The second-order valence-electron chi connectivity index (χ2n) is 9.55. The molecule has 0 aromatic heterocycles. The van der Waals surface area contributed by atoms with E-state index in [0.29, 0.717) is 13.0 Å². The summed E-state index contributed by atoms with van der Waals surface area (Å²) in [5.41, 5.74) is 3.32. The molecule has 0 fully saturated rings. The first-order chi connectivity index (χ1) is 17.6. The van der Waals surface area contributed by atoms with Crippen molar-refractivity contribution >= 4 is 0 Å². The Hall–Kier alpha value is -2.12. The van der Waals surface area contributed by atoms with E-state index in [1.807, 2.05) is 36.4 Å². The molecular formula is C30H46O6. The van der Waals surface area contributed by atoms with Gasteiger partial charge in [0.2, 0.25) is 0 Å². The number of aliphatic hydroxyl groups excluding tert-OH is 4. The van der Waals surface area contributed by atoms with Crippen molar-refractivity contribution in [2.24, 2.45) is 0 Å². The van der Waals surface area contributed by atoms with E-state index in [0.717, 1.165) is 53.9 Å². The lowest BCUT2D eigenvalue weighted by Gasteiger charge is -2.15. The zero-order chi connectivity index (χ0) is 26.0. The normalized spacial score (nSPS) is 12.9. The molecule has 0 aliphatic rings. The van der Waals surface area contributed by atoms with Crippen molar-refractivity contribution in [3.8, 4) is 22.6 Å². The lowest BCUT2D eigenvalue weighted by Crippen LogP contribution is -2.21. The Bertz CT molecular complexity index is 823. The average Bonchev–Trinajstić information content (AvgIpc) is 2.91. The molecule has 2 aromatic rings. The summed E-state index contributed by atoms with van der Waals surface area (Å²) in [6, 6.07) is 14.2. The van der Waals surface area contributed by atoms with Crippen LogP contribution in [0.3, 0.4) is 0 Å². The van der Waals surface area contributed by atoms with E-state index in [2.05, 4.69) is 13.0 Å². The molecule has 0 amide bonds. The molecule has 2 atom stereocenters. The van der Waals surface area contributed by atoms with E-state index < -0.39 is 12.2 Å². The highest BCUT2D eigenvalue weighted by Crippen LogP contribution is 2.30. The van der Waals surface area contributed by atoms with Crippen LogP contribution in [0.5, 0.6) is 11.5 Å². The van der Waals surface area contributed by atoms with Crippen LogP contribution in [0.25, 0.3) is 11.1 Å². The number of hydrogen-bond donors (Lipinski definition) is 4. The summed E-state index contributed by atoms with van der Waals surface area (Å²) >= 11 is 0. The summed E-state index contributed by atoms with van der Waals surface area (Å²) in [6.07, 6.45) is 10.3. The van der Waals surface area contributed by atoms with Crippen molar-refractivity contribution in [2.45, 2.75) is 89.8 Å². The Labute approximate surface area is 216 Å². The number of hydrogen-bond acceptors (Lipinski definition) is 6. The Morgan fingerprint density at radius 1 is 0.694 bits per heavy atom. The van der Waals surface area contributed by atoms with Gasteiger partial charge in [-0.3, -0.25) is 0 Å². The quantitative estimate of drug-likeness (QED) is 0.184. The summed E-state index contributed by atoms with van der Waals surface area (Å²) in [5, 5.41) is 37.1. The van der Waals surface area contributed by atoms with Crippen molar-refractivity contribution in [3.05, 3.63) is 48.0 Å². The van der Waals surface area contributed by atoms with Crippen LogP contribution >= 0.6 is 0 Å². The molecule has 2 rings (SSSR count). The molecule has 0 saturated heterocycles. The van der Waals surface area contributed by atoms with Gasteiger partial charge < -0.3 is 29.9 Å². The molecule has 0 saturated carbocycles. The molecule has 2 aromatic carbocycles. The number of aliphatic hydroxyl groups is 4. The molecule has 202 valence electrons. The van der Waals surface area contributed by atoms with E-state index >= 15 is 0 Å². The third-order valence-corrected chi connectivity index (χ3v) is 6.35. The molecule has 0 aliphatic carbocycles. The fourth-order valence-corrected chi connectivity index (χ4v) is 4.11. The highest BCUT2D eigenvalue weighted by molar-refractivity contribution is 5.66. The SMILES string of the molecule is CCCCCCCCCc1cc(-c2ccc(OCCCCC(O)CO)cc2)ccc1OCC(O)CO. The average molecular weight is 503 g/mol. The van der Waals surface area contributed by atoms with Gasteiger partial charge in [0.15, 0.2) is 0 Å². The van der Waals surface area contributed by atoms with Crippen LogP contribution in [0.1, 0.15) is 76.7 Å². The Kier molecular flexibility index (Phi) is 15.2. The molecule has 4 N–H and O–H groups in total. The minimum absolute atomic E-state index is 0.0743. The van der Waals surface area contributed by atoms with E-state index in [9.17, 15) is 10.2 Å². The van der Waals surface area contributed by atoms with Gasteiger partial charge in [-0.05, 0) is 73.1 Å². The molecule has 0 spiro atoms. The van der Waals surface area contributed by atoms with Gasteiger partial charge in [-0.1, -0.05) is 63.6 Å². The van der Waals surface area contributed by atoms with Gasteiger partial charge in [-0.25, -0.2) is 0 Å². The molecule has 6 heteroatoms. The molecule has 0 heterocycles. The van der Waals surface area contributed by atoms with Crippen LogP contribution in [0.2, 0.25) is 0 Å². The molecule has 2 unspecified atom stereocenters. The maximum Gasteiger partial charge on any atom is 0.122 e. The van der Waals surface area contributed by atoms with E-state index in [-0.39, 0.29) is 19.8 Å². The van der Waals surface area contributed by atoms with Crippen molar-refractivity contribution in [1.82, 2.24) is 0 Å². The monoisotopic (exact) mass is 502 g/mol. The maximum absolute atomic E-state index is 9.70. The largest absolute Gasteiger partial charge is 0.494 e. The molecule has 0 bridgehead atoms. The summed E-state index contributed by atoms with van der Waals surface area (Å²) in [7, 11) is 0. The Morgan fingerprint density at radius 3 is 2.06 bits per heavy atom. The smallest absolute Gasteiger partial charge is 0.122 e. The maximum atomic E-state index is 9.70. The summed E-state index contributed by atoms with van der Waals surface area (Å²) in [4.78, 5) is 0. The number of aryl methyl sites for hydroxylation is 1. The van der Waals surface area contributed by atoms with E-state index in [1.165, 1.54) is 38.5 Å². The predicted molar refractivity (Wildman–Crippen MR) is 145 cm³/mol. The highest BCUT2D eigenvalue weighted by atomic mass is 16.5. The van der Waals surface area contributed by atoms with Crippen molar-refractivity contribution in [2.75, 3.05) is 26.4 Å². The van der Waals surface area contributed by atoms with Gasteiger partial charge in [-0.2, -0.15) is 0 Å². The van der Waals surface area contributed by atoms with Crippen LogP contribution < -0.4 is 9.47 Å². The minimum Gasteiger partial charge on any atom is -0.494 e. The second kappa shape index (κ2) is 18.2. The zero-order valence-corrected chi connectivity index (χ0v) is 21.9. The van der Waals surface area contributed by atoms with Gasteiger partial charge in [0, 0.05) is 0 Å². The molecule has 6 nitrogen and oxygen atoms in total. The van der Waals surface area contributed by atoms with Gasteiger partial charge in [0.1, 0.15) is 24.2 Å². The first-order valence-corrected chi connectivity index (χ1v) is 13.6. The van der Waals surface area contributed by atoms with Crippen LogP contribution in [0.4, 0.5) is 0 Å². The predicted octanol–water partition coefficient (Wildman–Crippen LogP) is 5.28. The first-order valence-electron chi connectivity index (χ1n) is 13.6. The molecular weight excluding hydrogens is 456 g/mol. The third-order valence-electron chi connectivity index (χ3n) is 6.35. The standard InChI is InChI=1S/C30H46O6/c1-2-3-4-5-6-7-8-11-26-20-25(15-18-30(26)36-23-28(34)22-32)24-13-16-29(17-14-24)35-19-10-9-12-27(33)21-31/h13-18,20,27-28,31-34H,2-12,19,21-23H2,1H3. The van der Waals surface area contributed by atoms with Crippen LogP contribution in [0, 0.1) is 0 Å². The van der Waals surface area contributed by atoms with Crippen LogP contribution in [-0.2, 0) is 6.42 Å². The summed E-state index contributed by atoms with van der Waals surface area (Å²) in [6.45, 7) is 2.37. The first kappa shape index (κ1) is 30.1. The van der Waals surface area contributed by atoms with Crippen LogP contribution in [-0.4, -0.2) is 59.1 Å². The fraction of sp³-hybridized carbons (Fsp3) is 0.600. The van der Waals surface area contributed by atoms with Crippen molar-refractivity contribution in [1.29, 1.82) is 0 Å². The fourth-order valence-electron chi connectivity index (χ4n) is 4.11. The Balaban J connectivity index is 1.95. The Morgan fingerprint density at radius 2 is 1.36 bits per heavy atom. The van der Waals surface area contributed by atoms with Crippen molar-refractivity contribution < 1.29 is 29.9 Å². The number of benzene rings is 2. The third kappa shape index (κ3) is 11.7. The lowest BCUT2D eigenvalue weighted by molar-refractivity contribution is 0.0533. The topological polar surface area (TPSA) is 99.4 Å². The van der Waals surface area contributed by atoms with Gasteiger partial charge >= 0.3 is 0 Å². The molecule has 0 radical (unpaired) electrons. The zero-order valence-electron chi connectivity index (χ0n) is 21.9. The van der Waals surface area contributed by atoms with E-state index in [4.69, 9.17) is 19.7 Å². The van der Waals surface area contributed by atoms with Gasteiger partial charge in [0.25, 0.3) is 0 Å². The van der Waals surface area contributed by atoms with Crippen LogP contribution in [0.15, 0.2) is 42.5 Å². The number of ether oxygens (including phenoxy) is 2. The van der Waals surface area contributed by atoms with Crippen molar-refractivity contribution in [3.63, 3.8) is 0 Å². The number of rotatable bonds is 20.